The van der Waals surface area contributed by atoms with Gasteiger partial charge in [0.15, 0.2) is 5.75 Å². The second-order valence-electron chi connectivity index (χ2n) is 9.54. The van der Waals surface area contributed by atoms with Crippen molar-refractivity contribution >= 4 is 33.5 Å². The molecular formula is C30H30O4S. The summed E-state index contributed by atoms with van der Waals surface area (Å²) in [6.07, 6.45) is 3.18. The molecular weight excluding hydrogens is 456 g/mol. The van der Waals surface area contributed by atoms with Crippen LogP contribution in [0.25, 0.3) is 26.6 Å². The molecule has 0 amide bonds. The third-order valence-corrected chi connectivity index (χ3v) is 6.44. The molecule has 0 aliphatic rings. The molecule has 0 bridgehead atoms. The number of carbonyl (C=O) groups excluding carboxylic acids is 1. The van der Waals surface area contributed by atoms with Gasteiger partial charge in [-0.3, -0.25) is 0 Å². The number of aryl methyl sites for hydroxylation is 2. The Kier molecular flexibility index (Phi) is 6.99. The largest absolute Gasteiger partial charge is 0.497 e. The van der Waals surface area contributed by atoms with Crippen molar-refractivity contribution in [3.8, 4) is 27.7 Å². The van der Waals surface area contributed by atoms with Gasteiger partial charge in [0.05, 0.1) is 12.0 Å². The van der Waals surface area contributed by atoms with E-state index < -0.39 is 5.60 Å². The molecule has 0 N–H and O–H groups in total. The first-order valence-corrected chi connectivity index (χ1v) is 12.3. The van der Waals surface area contributed by atoms with Gasteiger partial charge in [-0.1, -0.05) is 41.5 Å². The normalized spacial score (nSPS) is 11.7. The SMILES string of the molecule is COc1ccc2c(Oc3ccc(/C=C/C(=O)OC(C)(C)C)cc3)c(-c3cc(C)cc(C)c3)sc2c1. The van der Waals surface area contributed by atoms with Crippen LogP contribution >= 0.6 is 11.3 Å². The molecule has 0 aliphatic carbocycles. The van der Waals surface area contributed by atoms with Crippen LogP contribution in [0.2, 0.25) is 0 Å². The Morgan fingerprint density at radius 3 is 2.17 bits per heavy atom. The number of hydrogen-bond acceptors (Lipinski definition) is 5. The van der Waals surface area contributed by atoms with Gasteiger partial charge in [0, 0.05) is 16.2 Å². The molecule has 0 spiro atoms. The van der Waals surface area contributed by atoms with Crippen molar-refractivity contribution in [3.63, 3.8) is 0 Å². The minimum atomic E-state index is -0.514. The zero-order valence-corrected chi connectivity index (χ0v) is 21.8. The highest BCUT2D eigenvalue weighted by Crippen LogP contribution is 2.47. The van der Waals surface area contributed by atoms with Gasteiger partial charge >= 0.3 is 5.97 Å². The molecule has 35 heavy (non-hydrogen) atoms. The number of rotatable bonds is 6. The van der Waals surface area contributed by atoms with E-state index in [4.69, 9.17) is 14.2 Å². The first-order chi connectivity index (χ1) is 16.6. The summed E-state index contributed by atoms with van der Waals surface area (Å²) < 4.78 is 18.3. The smallest absolute Gasteiger partial charge is 0.331 e. The number of benzene rings is 3. The monoisotopic (exact) mass is 486 g/mol. The maximum atomic E-state index is 12.0. The lowest BCUT2D eigenvalue weighted by Gasteiger charge is -2.17. The maximum Gasteiger partial charge on any atom is 0.331 e. The van der Waals surface area contributed by atoms with Crippen molar-refractivity contribution in [2.24, 2.45) is 0 Å². The number of fused-ring (bicyclic) bond motifs is 1. The average molecular weight is 487 g/mol. The van der Waals surface area contributed by atoms with Crippen molar-refractivity contribution in [1.82, 2.24) is 0 Å². The van der Waals surface area contributed by atoms with Crippen molar-refractivity contribution in [2.45, 2.75) is 40.2 Å². The van der Waals surface area contributed by atoms with Crippen molar-refractivity contribution < 1.29 is 19.0 Å². The zero-order valence-electron chi connectivity index (χ0n) is 21.0. The number of carbonyl (C=O) groups is 1. The first-order valence-electron chi connectivity index (χ1n) is 11.5. The van der Waals surface area contributed by atoms with Gasteiger partial charge in [0.1, 0.15) is 17.1 Å². The van der Waals surface area contributed by atoms with E-state index in [-0.39, 0.29) is 5.97 Å². The van der Waals surface area contributed by atoms with Crippen LogP contribution in [0.3, 0.4) is 0 Å². The van der Waals surface area contributed by atoms with E-state index >= 15 is 0 Å². The zero-order chi connectivity index (χ0) is 25.2. The van der Waals surface area contributed by atoms with Gasteiger partial charge in [0.25, 0.3) is 0 Å². The van der Waals surface area contributed by atoms with E-state index in [1.807, 2.05) is 63.2 Å². The molecule has 0 atom stereocenters. The fraction of sp³-hybridized carbons (Fsp3) is 0.233. The van der Waals surface area contributed by atoms with E-state index in [0.717, 1.165) is 43.3 Å². The summed E-state index contributed by atoms with van der Waals surface area (Å²) in [6, 6.07) is 20.3. The first kappa shape index (κ1) is 24.6. The summed E-state index contributed by atoms with van der Waals surface area (Å²) in [5.74, 6) is 2.00. The van der Waals surface area contributed by atoms with Crippen LogP contribution in [-0.2, 0) is 9.53 Å². The number of thiophene rings is 1. The van der Waals surface area contributed by atoms with E-state index in [1.165, 1.54) is 17.2 Å². The summed E-state index contributed by atoms with van der Waals surface area (Å²) >= 11 is 1.69. The second-order valence-corrected chi connectivity index (χ2v) is 10.6. The minimum absolute atomic E-state index is 0.365. The molecule has 3 aromatic carbocycles. The highest BCUT2D eigenvalue weighted by atomic mass is 32.1. The molecule has 0 radical (unpaired) electrons. The van der Waals surface area contributed by atoms with Gasteiger partial charge in [0.2, 0.25) is 0 Å². The van der Waals surface area contributed by atoms with Crippen molar-refractivity contribution in [1.29, 1.82) is 0 Å². The van der Waals surface area contributed by atoms with Crippen LogP contribution in [0.15, 0.2) is 66.7 Å². The Morgan fingerprint density at radius 2 is 1.54 bits per heavy atom. The lowest BCUT2D eigenvalue weighted by atomic mass is 10.1. The van der Waals surface area contributed by atoms with Crippen molar-refractivity contribution in [2.75, 3.05) is 7.11 Å². The highest BCUT2D eigenvalue weighted by molar-refractivity contribution is 7.22. The van der Waals surface area contributed by atoms with Gasteiger partial charge in [-0.25, -0.2) is 4.79 Å². The second kappa shape index (κ2) is 9.96. The van der Waals surface area contributed by atoms with Gasteiger partial charge in [-0.2, -0.15) is 0 Å². The Balaban J connectivity index is 1.66. The molecule has 0 saturated carbocycles. The maximum absolute atomic E-state index is 12.0. The van der Waals surface area contributed by atoms with Crippen LogP contribution < -0.4 is 9.47 Å². The van der Waals surface area contributed by atoms with Crippen LogP contribution in [0.5, 0.6) is 17.2 Å². The lowest BCUT2D eigenvalue weighted by molar-refractivity contribution is -0.148. The predicted molar refractivity (Wildman–Crippen MR) is 145 cm³/mol. The van der Waals surface area contributed by atoms with Gasteiger partial charge < -0.3 is 14.2 Å². The molecule has 0 unspecified atom stereocenters. The molecule has 4 nitrogen and oxygen atoms in total. The lowest BCUT2D eigenvalue weighted by Crippen LogP contribution is -2.22. The summed E-state index contributed by atoms with van der Waals surface area (Å²) in [4.78, 5) is 13.0. The van der Waals surface area contributed by atoms with E-state index in [0.29, 0.717) is 0 Å². The fourth-order valence-electron chi connectivity index (χ4n) is 3.84. The van der Waals surface area contributed by atoms with Gasteiger partial charge in [-0.15, -0.1) is 11.3 Å². The van der Waals surface area contributed by atoms with Crippen LogP contribution in [0.4, 0.5) is 0 Å². The Hall–Kier alpha value is -3.57. The minimum Gasteiger partial charge on any atom is -0.497 e. The number of methoxy groups -OCH3 is 1. The Bertz CT molecular complexity index is 1370. The van der Waals surface area contributed by atoms with E-state index in [9.17, 15) is 4.79 Å². The molecule has 4 aromatic rings. The summed E-state index contributed by atoms with van der Waals surface area (Å²) in [5, 5.41) is 1.04. The molecule has 1 aromatic heterocycles. The molecule has 0 saturated heterocycles. The molecule has 180 valence electrons. The topological polar surface area (TPSA) is 44.8 Å². The third-order valence-electron chi connectivity index (χ3n) is 5.25. The fourth-order valence-corrected chi connectivity index (χ4v) is 4.99. The average Bonchev–Trinajstić information content (AvgIpc) is 3.14. The van der Waals surface area contributed by atoms with E-state index in [2.05, 4.69) is 32.0 Å². The Morgan fingerprint density at radius 1 is 0.886 bits per heavy atom. The third kappa shape index (κ3) is 6.11. The Labute approximate surface area is 210 Å². The summed E-state index contributed by atoms with van der Waals surface area (Å²) in [7, 11) is 1.68. The van der Waals surface area contributed by atoms with Crippen LogP contribution in [-0.4, -0.2) is 18.7 Å². The quantitative estimate of drug-likeness (QED) is 0.203. The van der Waals surface area contributed by atoms with Gasteiger partial charge in [-0.05, 0) is 82.2 Å². The molecule has 1 heterocycles. The standard InChI is InChI=1S/C30H30O4S/c1-19-15-20(2)17-22(16-19)29-28(25-13-12-24(32-6)18-26(25)35-29)33-23-10-7-21(8-11-23)9-14-27(31)34-30(3,4)5/h7-18H,1-6H3/b14-9+. The van der Waals surface area contributed by atoms with Crippen molar-refractivity contribution in [3.05, 3.63) is 83.4 Å². The number of ether oxygens (including phenoxy) is 3. The highest BCUT2D eigenvalue weighted by Gasteiger charge is 2.18. The molecule has 4 rings (SSSR count). The predicted octanol–water partition coefficient (Wildman–Crippen LogP) is 8.34. The van der Waals surface area contributed by atoms with Crippen LogP contribution in [0.1, 0.15) is 37.5 Å². The molecule has 0 fully saturated rings. The van der Waals surface area contributed by atoms with E-state index in [1.54, 1.807) is 24.5 Å². The van der Waals surface area contributed by atoms with Crippen LogP contribution in [0, 0.1) is 13.8 Å². The molecule has 5 heteroatoms. The number of esters is 1. The molecule has 0 aliphatic heterocycles. The summed E-state index contributed by atoms with van der Waals surface area (Å²) in [6.45, 7) is 9.76. The summed E-state index contributed by atoms with van der Waals surface area (Å²) in [5.41, 5.74) is 3.93. The number of hydrogen-bond donors (Lipinski definition) is 0.